The largest absolute Gasteiger partial charge is 0.381 e. The third-order valence-electron chi connectivity index (χ3n) is 8.53. The SMILES string of the molecule is Cn1c(=O)c(CN(CC2(N3CCNCC3)CCOCC2)C(=O)C2CCCCC2)cc2ccccc21. The van der Waals surface area contributed by atoms with Crippen molar-refractivity contribution in [1.82, 2.24) is 19.7 Å². The van der Waals surface area contributed by atoms with Crippen LogP contribution in [-0.4, -0.2) is 71.8 Å². The van der Waals surface area contributed by atoms with Gasteiger partial charge >= 0.3 is 0 Å². The van der Waals surface area contributed by atoms with Crippen molar-refractivity contribution in [2.45, 2.75) is 57.0 Å². The molecule has 3 heterocycles. The Balaban J connectivity index is 1.49. The van der Waals surface area contributed by atoms with Crippen LogP contribution >= 0.6 is 0 Å². The summed E-state index contributed by atoms with van der Waals surface area (Å²) >= 11 is 0. The van der Waals surface area contributed by atoms with E-state index in [2.05, 4.69) is 15.1 Å². The van der Waals surface area contributed by atoms with Crippen LogP contribution < -0.4 is 10.9 Å². The summed E-state index contributed by atoms with van der Waals surface area (Å²) in [5.74, 6) is 0.314. The number of carbonyl (C=O) groups is 1. The molecule has 0 spiro atoms. The molecule has 0 atom stereocenters. The molecule has 0 radical (unpaired) electrons. The number of aryl methyl sites for hydroxylation is 1. The van der Waals surface area contributed by atoms with Crippen molar-refractivity contribution >= 4 is 16.8 Å². The van der Waals surface area contributed by atoms with Gasteiger partial charge in [0.25, 0.3) is 5.56 Å². The third kappa shape index (κ3) is 5.18. The fraction of sp³-hybridized carbons (Fsp3) is 0.643. The van der Waals surface area contributed by atoms with Gasteiger partial charge in [0, 0.05) is 70.0 Å². The second-order valence-electron chi connectivity index (χ2n) is 10.7. The molecule has 3 fully saturated rings. The summed E-state index contributed by atoms with van der Waals surface area (Å²) in [6, 6.07) is 9.99. The first-order valence-corrected chi connectivity index (χ1v) is 13.5. The standard InChI is InChI=1S/C28H40N4O3/c1-30-25-10-6-5-9-23(25)19-24(26(30)33)20-31(27(34)22-7-3-2-4-8-22)21-28(11-17-35-18-12-28)32-15-13-29-14-16-32/h5-6,9-10,19,22,29H,2-4,7-8,11-18,20-21H2,1H3. The number of nitrogens with one attached hydrogen (secondary N) is 1. The van der Waals surface area contributed by atoms with Crippen LogP contribution in [0.5, 0.6) is 0 Å². The number of hydrogen-bond acceptors (Lipinski definition) is 5. The highest BCUT2D eigenvalue weighted by molar-refractivity contribution is 5.81. The van der Waals surface area contributed by atoms with Gasteiger partial charge in [0.1, 0.15) is 0 Å². The van der Waals surface area contributed by atoms with Gasteiger partial charge in [-0.3, -0.25) is 14.5 Å². The van der Waals surface area contributed by atoms with E-state index >= 15 is 0 Å². The Kier molecular flexibility index (Phi) is 7.56. The predicted molar refractivity (Wildman–Crippen MR) is 138 cm³/mol. The number of amides is 1. The fourth-order valence-electron chi connectivity index (χ4n) is 6.45. The minimum absolute atomic E-state index is 0.00616. The number of pyridine rings is 1. The van der Waals surface area contributed by atoms with Crippen LogP contribution in [0.3, 0.4) is 0 Å². The van der Waals surface area contributed by atoms with Crippen LogP contribution in [0, 0.1) is 5.92 Å². The molecule has 1 amide bonds. The van der Waals surface area contributed by atoms with E-state index in [1.165, 1.54) is 6.42 Å². The zero-order valence-corrected chi connectivity index (χ0v) is 21.1. The number of nitrogens with zero attached hydrogens (tertiary/aromatic N) is 3. The van der Waals surface area contributed by atoms with Crippen LogP contribution in [0.1, 0.15) is 50.5 Å². The van der Waals surface area contributed by atoms with Gasteiger partial charge in [-0.05, 0) is 43.2 Å². The minimum Gasteiger partial charge on any atom is -0.381 e. The molecule has 2 aromatic rings. The average molecular weight is 481 g/mol. The zero-order valence-electron chi connectivity index (χ0n) is 21.1. The molecule has 1 saturated carbocycles. The van der Waals surface area contributed by atoms with Gasteiger partial charge in [0.05, 0.1) is 12.1 Å². The van der Waals surface area contributed by atoms with Crippen LogP contribution in [0.25, 0.3) is 10.9 Å². The number of carbonyl (C=O) groups excluding carboxylic acids is 1. The summed E-state index contributed by atoms with van der Waals surface area (Å²) in [6.07, 6.45) is 7.26. The van der Waals surface area contributed by atoms with Gasteiger partial charge < -0.3 is 19.5 Å². The molecule has 2 aliphatic heterocycles. The van der Waals surface area contributed by atoms with E-state index in [-0.39, 0.29) is 22.9 Å². The molecule has 7 heteroatoms. The van der Waals surface area contributed by atoms with Crippen molar-refractivity contribution in [2.75, 3.05) is 45.9 Å². The van der Waals surface area contributed by atoms with E-state index in [0.717, 1.165) is 88.8 Å². The second kappa shape index (κ2) is 10.8. The number of para-hydroxylation sites is 1. The summed E-state index contributed by atoms with van der Waals surface area (Å²) in [7, 11) is 1.84. The molecule has 1 aromatic carbocycles. The molecule has 3 aliphatic rings. The average Bonchev–Trinajstić information content (AvgIpc) is 2.92. The van der Waals surface area contributed by atoms with E-state index in [4.69, 9.17) is 4.74 Å². The highest BCUT2D eigenvalue weighted by Gasteiger charge is 2.42. The number of hydrogen-bond donors (Lipinski definition) is 1. The van der Waals surface area contributed by atoms with Gasteiger partial charge in [-0.2, -0.15) is 0 Å². The quantitative estimate of drug-likeness (QED) is 0.689. The molecule has 0 unspecified atom stereocenters. The highest BCUT2D eigenvalue weighted by atomic mass is 16.5. The zero-order chi connectivity index (χ0) is 24.3. The Bertz CT molecular complexity index is 1080. The summed E-state index contributed by atoms with van der Waals surface area (Å²) in [5.41, 5.74) is 1.53. The lowest BCUT2D eigenvalue weighted by Gasteiger charge is -2.50. The van der Waals surface area contributed by atoms with E-state index in [1.807, 2.05) is 37.4 Å². The molecular formula is C28H40N4O3. The number of rotatable bonds is 6. The molecule has 2 saturated heterocycles. The fourth-order valence-corrected chi connectivity index (χ4v) is 6.45. The predicted octanol–water partition coefficient (Wildman–Crippen LogP) is 2.90. The Morgan fingerprint density at radius 3 is 2.57 bits per heavy atom. The van der Waals surface area contributed by atoms with Crippen LogP contribution in [-0.2, 0) is 23.1 Å². The van der Waals surface area contributed by atoms with Crippen molar-refractivity contribution in [3.8, 4) is 0 Å². The van der Waals surface area contributed by atoms with Crippen molar-refractivity contribution in [3.63, 3.8) is 0 Å². The van der Waals surface area contributed by atoms with Crippen molar-refractivity contribution in [1.29, 1.82) is 0 Å². The van der Waals surface area contributed by atoms with Gasteiger partial charge in [0.2, 0.25) is 5.91 Å². The Morgan fingerprint density at radius 1 is 1.11 bits per heavy atom. The molecular weight excluding hydrogens is 440 g/mol. The normalized spacial score (nSPS) is 21.7. The Hall–Kier alpha value is -2.22. The summed E-state index contributed by atoms with van der Waals surface area (Å²) < 4.78 is 7.51. The van der Waals surface area contributed by atoms with E-state index in [9.17, 15) is 9.59 Å². The van der Waals surface area contributed by atoms with Crippen LogP contribution in [0.4, 0.5) is 0 Å². The maximum absolute atomic E-state index is 14.0. The molecule has 0 bridgehead atoms. The highest BCUT2D eigenvalue weighted by Crippen LogP contribution is 2.32. The lowest BCUT2D eigenvalue weighted by atomic mass is 9.84. The Labute approximate surface area is 208 Å². The van der Waals surface area contributed by atoms with Gasteiger partial charge in [0.15, 0.2) is 0 Å². The molecule has 5 rings (SSSR count). The van der Waals surface area contributed by atoms with Gasteiger partial charge in [-0.1, -0.05) is 37.5 Å². The summed E-state index contributed by atoms with van der Waals surface area (Å²) in [4.78, 5) is 32.0. The van der Waals surface area contributed by atoms with E-state index in [1.54, 1.807) is 4.57 Å². The molecule has 1 aromatic heterocycles. The summed E-state index contributed by atoms with van der Waals surface area (Å²) in [6.45, 7) is 6.44. The van der Waals surface area contributed by atoms with Crippen LogP contribution in [0.2, 0.25) is 0 Å². The number of fused-ring (bicyclic) bond motifs is 1. The van der Waals surface area contributed by atoms with Gasteiger partial charge in [-0.15, -0.1) is 0 Å². The first kappa shape index (κ1) is 24.5. The molecule has 35 heavy (non-hydrogen) atoms. The van der Waals surface area contributed by atoms with Crippen molar-refractivity contribution in [3.05, 3.63) is 46.2 Å². The van der Waals surface area contributed by atoms with E-state index in [0.29, 0.717) is 18.7 Å². The third-order valence-corrected chi connectivity index (χ3v) is 8.53. The number of piperazine rings is 1. The summed E-state index contributed by atoms with van der Waals surface area (Å²) in [5, 5.41) is 4.51. The topological polar surface area (TPSA) is 66.8 Å². The Morgan fingerprint density at radius 2 is 1.83 bits per heavy atom. The smallest absolute Gasteiger partial charge is 0.255 e. The lowest BCUT2D eigenvalue weighted by Crippen LogP contribution is -2.63. The lowest BCUT2D eigenvalue weighted by molar-refractivity contribution is -0.141. The number of aromatic nitrogens is 1. The monoisotopic (exact) mass is 480 g/mol. The first-order chi connectivity index (χ1) is 17.1. The number of ether oxygens (including phenoxy) is 1. The second-order valence-corrected chi connectivity index (χ2v) is 10.7. The maximum Gasteiger partial charge on any atom is 0.255 e. The molecule has 1 aliphatic carbocycles. The van der Waals surface area contributed by atoms with Crippen molar-refractivity contribution < 1.29 is 9.53 Å². The molecule has 7 nitrogen and oxygen atoms in total. The minimum atomic E-state index is -0.0905. The maximum atomic E-state index is 14.0. The van der Waals surface area contributed by atoms with Crippen LogP contribution in [0.15, 0.2) is 35.1 Å². The van der Waals surface area contributed by atoms with Gasteiger partial charge in [-0.25, -0.2) is 0 Å². The number of benzene rings is 1. The molecule has 190 valence electrons. The molecule has 1 N–H and O–H groups in total. The first-order valence-electron chi connectivity index (χ1n) is 13.5. The van der Waals surface area contributed by atoms with E-state index < -0.39 is 0 Å². The van der Waals surface area contributed by atoms with Crippen molar-refractivity contribution in [2.24, 2.45) is 13.0 Å².